The van der Waals surface area contributed by atoms with Crippen LogP contribution in [0.3, 0.4) is 0 Å². The average molecular weight is 625 g/mol. The van der Waals surface area contributed by atoms with E-state index >= 15 is 0 Å². The van der Waals surface area contributed by atoms with Gasteiger partial charge in [-0.1, -0.05) is 131 Å². The van der Waals surface area contributed by atoms with Gasteiger partial charge in [-0.3, -0.25) is 14.1 Å². The van der Waals surface area contributed by atoms with Gasteiger partial charge in [-0.15, -0.1) is 0 Å². The number of carbonyl (C=O) groups is 2. The molecular formula is C41H70NO3+. The lowest BCUT2D eigenvalue weighted by molar-refractivity contribution is -0.905. The van der Waals surface area contributed by atoms with Gasteiger partial charge in [-0.25, -0.2) is 0 Å². The molecule has 0 aliphatic heterocycles. The monoisotopic (exact) mass is 625 g/mol. The minimum Gasteiger partial charge on any atom is -0.445 e. The number of unbranched alkanes of at least 4 members (excludes halogenated alkanes) is 13. The highest BCUT2D eigenvalue weighted by Crippen LogP contribution is 2.42. The van der Waals surface area contributed by atoms with Crippen LogP contribution in [0.1, 0.15) is 155 Å². The quantitative estimate of drug-likeness (QED) is 0.0378. The number of rotatable bonds is 24. The first-order chi connectivity index (χ1) is 21.4. The van der Waals surface area contributed by atoms with E-state index < -0.39 is 0 Å². The Morgan fingerprint density at radius 2 is 1.36 bits per heavy atom. The van der Waals surface area contributed by atoms with Crippen molar-refractivity contribution < 1.29 is 18.8 Å². The van der Waals surface area contributed by atoms with Crippen LogP contribution in [0.5, 0.6) is 5.75 Å². The molecule has 0 aromatic heterocycles. The van der Waals surface area contributed by atoms with Crippen LogP contribution in [-0.2, 0) is 4.79 Å². The fourth-order valence-electron chi connectivity index (χ4n) is 7.17. The van der Waals surface area contributed by atoms with Gasteiger partial charge in [0, 0.05) is 23.8 Å². The Kier molecular flexibility index (Phi) is 17.7. The lowest BCUT2D eigenvalue weighted by Crippen LogP contribution is -2.43. The van der Waals surface area contributed by atoms with Crippen LogP contribution < -0.4 is 4.74 Å². The van der Waals surface area contributed by atoms with E-state index in [-0.39, 0.29) is 34.9 Å². The first kappa shape index (κ1) is 39.2. The number of ether oxygens (including phenoxy) is 1. The van der Waals surface area contributed by atoms with Gasteiger partial charge in [-0.2, -0.15) is 0 Å². The third-order valence-electron chi connectivity index (χ3n) is 10.4. The molecule has 1 aromatic carbocycles. The number of hydrogen-bond donors (Lipinski definition) is 0. The van der Waals surface area contributed by atoms with Crippen LogP contribution in [0, 0.1) is 29.1 Å². The standard InChI is InChI=1S/C41H70NO3/c1-9-10-11-12-13-14-15-16-17-18-19-20-21-22-30-42(7,8)32-45-37-27-25-36(26-28-37)40(44)35(4)34(3)31-38(43)39-33(2)24-23-29-41(39,5)6/h23-28,33-35,39H,9-22,29-32H2,1-8H3/q+1. The van der Waals surface area contributed by atoms with Crippen LogP contribution in [0.2, 0.25) is 0 Å². The van der Waals surface area contributed by atoms with Crippen molar-refractivity contribution in [1.82, 2.24) is 0 Å². The van der Waals surface area contributed by atoms with Gasteiger partial charge < -0.3 is 4.74 Å². The molecule has 0 N–H and O–H groups in total. The van der Waals surface area contributed by atoms with Crippen molar-refractivity contribution in [2.75, 3.05) is 27.4 Å². The molecule has 0 bridgehead atoms. The predicted octanol–water partition coefficient (Wildman–Crippen LogP) is 11.2. The summed E-state index contributed by atoms with van der Waals surface area (Å²) in [5.74, 6) is 1.25. The number of carbonyl (C=O) groups excluding carboxylic acids is 2. The molecule has 1 aliphatic rings. The van der Waals surface area contributed by atoms with E-state index in [2.05, 4.69) is 53.9 Å². The summed E-state index contributed by atoms with van der Waals surface area (Å²) in [6.07, 6.45) is 25.1. The Bertz CT molecular complexity index is 1010. The second kappa shape index (κ2) is 20.3. The third kappa shape index (κ3) is 14.6. The Hall–Kier alpha value is -1.94. The van der Waals surface area contributed by atoms with E-state index in [0.717, 1.165) is 23.2 Å². The van der Waals surface area contributed by atoms with Crippen molar-refractivity contribution in [2.45, 2.75) is 144 Å². The van der Waals surface area contributed by atoms with E-state index in [9.17, 15) is 9.59 Å². The zero-order chi connectivity index (χ0) is 33.3. The van der Waals surface area contributed by atoms with E-state index in [4.69, 9.17) is 4.74 Å². The second-order valence-corrected chi connectivity index (χ2v) is 15.8. The van der Waals surface area contributed by atoms with Crippen LogP contribution in [0.4, 0.5) is 0 Å². The minimum absolute atomic E-state index is 0.00263. The Labute approximate surface area is 278 Å². The van der Waals surface area contributed by atoms with Crippen LogP contribution in [0.25, 0.3) is 0 Å². The molecule has 0 amide bonds. The molecule has 0 radical (unpaired) electrons. The maximum atomic E-state index is 13.3. The third-order valence-corrected chi connectivity index (χ3v) is 10.4. The van der Waals surface area contributed by atoms with Gasteiger partial charge in [0.05, 0.1) is 20.6 Å². The summed E-state index contributed by atoms with van der Waals surface area (Å²) in [7, 11) is 4.46. The van der Waals surface area contributed by atoms with E-state index in [0.29, 0.717) is 24.5 Å². The maximum absolute atomic E-state index is 13.3. The molecule has 0 spiro atoms. The van der Waals surface area contributed by atoms with Crippen molar-refractivity contribution in [3.63, 3.8) is 0 Å². The highest BCUT2D eigenvalue weighted by Gasteiger charge is 2.40. The van der Waals surface area contributed by atoms with Crippen molar-refractivity contribution in [2.24, 2.45) is 29.1 Å². The predicted molar refractivity (Wildman–Crippen MR) is 192 cm³/mol. The topological polar surface area (TPSA) is 43.4 Å². The van der Waals surface area contributed by atoms with Crippen LogP contribution >= 0.6 is 0 Å². The average Bonchev–Trinajstić information content (AvgIpc) is 2.99. The molecule has 0 heterocycles. The summed E-state index contributed by atoms with van der Waals surface area (Å²) >= 11 is 0. The number of Topliss-reactive ketones (excluding diaryl/α,β-unsaturated/α-hetero) is 2. The summed E-state index contributed by atoms with van der Waals surface area (Å²) in [5, 5.41) is 0. The van der Waals surface area contributed by atoms with Crippen molar-refractivity contribution in [3.05, 3.63) is 42.0 Å². The van der Waals surface area contributed by atoms with Crippen LogP contribution in [0.15, 0.2) is 36.4 Å². The zero-order valence-corrected chi connectivity index (χ0v) is 30.7. The summed E-state index contributed by atoms with van der Waals surface area (Å²) < 4.78 is 6.97. The zero-order valence-electron chi connectivity index (χ0n) is 30.7. The molecular weight excluding hydrogens is 554 g/mol. The molecule has 4 unspecified atom stereocenters. The number of benzene rings is 1. The molecule has 256 valence electrons. The van der Waals surface area contributed by atoms with Gasteiger partial charge in [0.25, 0.3) is 0 Å². The Morgan fingerprint density at radius 3 is 1.87 bits per heavy atom. The lowest BCUT2D eigenvalue weighted by Gasteiger charge is -2.39. The second-order valence-electron chi connectivity index (χ2n) is 15.8. The number of allylic oxidation sites excluding steroid dienone is 2. The van der Waals surface area contributed by atoms with E-state index in [1.54, 1.807) is 0 Å². The molecule has 4 nitrogen and oxygen atoms in total. The fourth-order valence-corrected chi connectivity index (χ4v) is 7.17. The SMILES string of the molecule is CCCCCCCCCCCCCCCC[N+](C)(C)COc1ccc(C(=O)C(C)C(C)CC(=O)C2C(C)C=CCC2(C)C)cc1. The van der Waals surface area contributed by atoms with E-state index in [1.807, 2.05) is 38.1 Å². The molecule has 1 aliphatic carbocycles. The highest BCUT2D eigenvalue weighted by atomic mass is 16.5. The molecule has 0 saturated heterocycles. The summed E-state index contributed by atoms with van der Waals surface area (Å²) in [5.41, 5.74) is 0.660. The maximum Gasteiger partial charge on any atom is 0.223 e. The molecule has 0 saturated carbocycles. The molecule has 4 heteroatoms. The van der Waals surface area contributed by atoms with Crippen molar-refractivity contribution >= 4 is 11.6 Å². The largest absolute Gasteiger partial charge is 0.445 e. The van der Waals surface area contributed by atoms with Gasteiger partial charge >= 0.3 is 0 Å². The molecule has 45 heavy (non-hydrogen) atoms. The Morgan fingerprint density at radius 1 is 0.844 bits per heavy atom. The van der Waals surface area contributed by atoms with Crippen LogP contribution in [-0.4, -0.2) is 43.4 Å². The molecule has 2 rings (SSSR count). The van der Waals surface area contributed by atoms with Gasteiger partial charge in [0.2, 0.25) is 6.73 Å². The summed E-state index contributed by atoms with van der Waals surface area (Å²) in [6, 6.07) is 7.60. The van der Waals surface area contributed by atoms with Gasteiger partial charge in [0.1, 0.15) is 11.5 Å². The van der Waals surface area contributed by atoms with Gasteiger partial charge in [-0.05, 0) is 60.8 Å². The van der Waals surface area contributed by atoms with E-state index in [1.165, 1.54) is 89.9 Å². The normalized spacial score (nSPS) is 19.3. The molecule has 0 fully saturated rings. The number of hydrogen-bond acceptors (Lipinski definition) is 3. The molecule has 4 atom stereocenters. The number of ketones is 2. The van der Waals surface area contributed by atoms with Gasteiger partial charge in [0.15, 0.2) is 5.78 Å². The smallest absolute Gasteiger partial charge is 0.223 e. The summed E-state index contributed by atoms with van der Waals surface area (Å²) in [6.45, 7) is 14.6. The highest BCUT2D eigenvalue weighted by molar-refractivity contribution is 5.98. The van der Waals surface area contributed by atoms with Crippen molar-refractivity contribution in [3.8, 4) is 5.75 Å². The Balaban J connectivity index is 1.64. The first-order valence-electron chi connectivity index (χ1n) is 18.7. The minimum atomic E-state index is -0.209. The fraction of sp³-hybridized carbons (Fsp3) is 0.756. The summed E-state index contributed by atoms with van der Waals surface area (Å²) in [4.78, 5) is 26.6. The number of quaternary nitrogens is 1. The van der Waals surface area contributed by atoms with Crippen molar-refractivity contribution in [1.29, 1.82) is 0 Å². The first-order valence-corrected chi connectivity index (χ1v) is 18.7. The molecule has 1 aromatic rings. The lowest BCUT2D eigenvalue weighted by atomic mass is 9.64. The number of nitrogens with zero attached hydrogens (tertiary/aromatic N) is 1.